The fourth-order valence-corrected chi connectivity index (χ4v) is 1.88. The van der Waals surface area contributed by atoms with Crippen LogP contribution in [0.2, 0.25) is 0 Å². The van der Waals surface area contributed by atoms with Gasteiger partial charge in [0.2, 0.25) is 5.91 Å². The summed E-state index contributed by atoms with van der Waals surface area (Å²) in [6.07, 6.45) is 0.743. The third-order valence-electron chi connectivity index (χ3n) is 3.59. The van der Waals surface area contributed by atoms with Crippen molar-refractivity contribution < 1.29 is 14.3 Å². The van der Waals surface area contributed by atoms with Crippen LogP contribution in [0.15, 0.2) is 48.5 Å². The maximum absolute atomic E-state index is 11.7. The van der Waals surface area contributed by atoms with Gasteiger partial charge in [-0.1, -0.05) is 31.8 Å². The predicted molar refractivity (Wildman–Crippen MR) is 92.5 cm³/mol. The molecule has 2 rings (SSSR count). The minimum Gasteiger partial charge on any atom is -0.426 e. The summed E-state index contributed by atoms with van der Waals surface area (Å²) in [5.41, 5.74) is 7.16. The summed E-state index contributed by atoms with van der Waals surface area (Å²) in [6, 6.07) is 13.8. The molecule has 4 heteroatoms. The standard InChI is InChI=1S/C20H19NO3/c1-3-14(2)20(23)24-18-11-9-15(10-12-18)7-8-16-5-4-6-17(13-16)19(21)22/h4-6,9-14H,3H2,1-2H3,(H2,21,22). The average molecular weight is 321 g/mol. The number of ether oxygens (including phenoxy) is 1. The Morgan fingerprint density at radius 2 is 1.75 bits per heavy atom. The Labute approximate surface area is 141 Å². The molecule has 0 aliphatic carbocycles. The highest BCUT2D eigenvalue weighted by Gasteiger charge is 2.12. The second-order valence-corrected chi connectivity index (χ2v) is 5.45. The third-order valence-corrected chi connectivity index (χ3v) is 3.59. The van der Waals surface area contributed by atoms with Gasteiger partial charge < -0.3 is 10.5 Å². The van der Waals surface area contributed by atoms with Crippen molar-refractivity contribution in [1.82, 2.24) is 0 Å². The van der Waals surface area contributed by atoms with Crippen LogP contribution in [0.3, 0.4) is 0 Å². The zero-order valence-electron chi connectivity index (χ0n) is 13.7. The molecule has 2 aromatic carbocycles. The van der Waals surface area contributed by atoms with E-state index in [9.17, 15) is 9.59 Å². The molecule has 0 bridgehead atoms. The molecule has 1 amide bonds. The average Bonchev–Trinajstić information content (AvgIpc) is 2.60. The van der Waals surface area contributed by atoms with Crippen molar-refractivity contribution in [2.24, 2.45) is 11.7 Å². The first kappa shape index (κ1) is 17.3. The van der Waals surface area contributed by atoms with Gasteiger partial charge in [0.25, 0.3) is 0 Å². The summed E-state index contributed by atoms with van der Waals surface area (Å²) < 4.78 is 5.29. The number of primary amides is 1. The fourth-order valence-electron chi connectivity index (χ4n) is 1.88. The molecule has 1 atom stereocenters. The molecule has 0 radical (unpaired) electrons. The zero-order chi connectivity index (χ0) is 17.5. The molecule has 4 nitrogen and oxygen atoms in total. The van der Waals surface area contributed by atoms with Crippen molar-refractivity contribution in [2.45, 2.75) is 20.3 Å². The highest BCUT2D eigenvalue weighted by Crippen LogP contribution is 2.14. The number of amides is 1. The quantitative estimate of drug-likeness (QED) is 0.534. The van der Waals surface area contributed by atoms with E-state index in [2.05, 4.69) is 11.8 Å². The van der Waals surface area contributed by atoms with Gasteiger partial charge in [0.1, 0.15) is 5.75 Å². The second kappa shape index (κ2) is 7.98. The van der Waals surface area contributed by atoms with Gasteiger partial charge in [0.05, 0.1) is 5.92 Å². The molecule has 0 heterocycles. The number of carbonyl (C=O) groups excluding carboxylic acids is 2. The molecule has 0 saturated carbocycles. The summed E-state index contributed by atoms with van der Waals surface area (Å²) in [6.45, 7) is 3.78. The highest BCUT2D eigenvalue weighted by atomic mass is 16.5. The third kappa shape index (κ3) is 4.72. The summed E-state index contributed by atoms with van der Waals surface area (Å²) >= 11 is 0. The number of hydrogen-bond acceptors (Lipinski definition) is 3. The Morgan fingerprint density at radius 1 is 1.08 bits per heavy atom. The molecule has 0 fully saturated rings. The lowest BCUT2D eigenvalue weighted by atomic mass is 10.1. The predicted octanol–water partition coefficient (Wildman–Crippen LogP) is 3.14. The largest absolute Gasteiger partial charge is 0.426 e. The number of carbonyl (C=O) groups is 2. The zero-order valence-corrected chi connectivity index (χ0v) is 13.7. The molecular formula is C20H19NO3. The van der Waals surface area contributed by atoms with E-state index in [-0.39, 0.29) is 11.9 Å². The number of benzene rings is 2. The van der Waals surface area contributed by atoms with Crippen molar-refractivity contribution in [3.63, 3.8) is 0 Å². The summed E-state index contributed by atoms with van der Waals surface area (Å²) in [4.78, 5) is 22.9. The molecule has 1 unspecified atom stereocenters. The maximum Gasteiger partial charge on any atom is 0.314 e. The van der Waals surface area contributed by atoms with Gasteiger partial charge in [-0.3, -0.25) is 9.59 Å². The Balaban J connectivity index is 2.09. The Bertz CT molecular complexity index is 798. The Hall–Kier alpha value is -3.06. The van der Waals surface area contributed by atoms with Crippen molar-refractivity contribution in [3.8, 4) is 17.6 Å². The van der Waals surface area contributed by atoms with E-state index in [1.165, 1.54) is 0 Å². The van der Waals surface area contributed by atoms with Gasteiger partial charge >= 0.3 is 5.97 Å². The molecule has 24 heavy (non-hydrogen) atoms. The summed E-state index contributed by atoms with van der Waals surface area (Å²) in [7, 11) is 0. The van der Waals surface area contributed by atoms with Gasteiger partial charge in [-0.2, -0.15) is 0 Å². The van der Waals surface area contributed by atoms with Crippen LogP contribution < -0.4 is 10.5 Å². The lowest BCUT2D eigenvalue weighted by molar-refractivity contribution is -0.138. The Morgan fingerprint density at radius 3 is 2.38 bits per heavy atom. The summed E-state index contributed by atoms with van der Waals surface area (Å²) in [5.74, 6) is 5.64. The van der Waals surface area contributed by atoms with Crippen molar-refractivity contribution >= 4 is 11.9 Å². The van der Waals surface area contributed by atoms with Crippen LogP contribution >= 0.6 is 0 Å². The lowest BCUT2D eigenvalue weighted by Gasteiger charge is -2.08. The van der Waals surface area contributed by atoms with E-state index in [1.54, 1.807) is 42.5 Å². The van der Waals surface area contributed by atoms with Gasteiger partial charge in [0.15, 0.2) is 0 Å². The molecule has 0 aliphatic rings. The van der Waals surface area contributed by atoms with Crippen LogP contribution in [0.5, 0.6) is 5.75 Å². The van der Waals surface area contributed by atoms with Crippen molar-refractivity contribution in [2.75, 3.05) is 0 Å². The minimum absolute atomic E-state index is 0.123. The second-order valence-electron chi connectivity index (χ2n) is 5.45. The van der Waals surface area contributed by atoms with Crippen LogP contribution in [0.4, 0.5) is 0 Å². The molecular weight excluding hydrogens is 302 g/mol. The first-order valence-electron chi connectivity index (χ1n) is 7.73. The van der Waals surface area contributed by atoms with Gasteiger partial charge in [0, 0.05) is 16.7 Å². The molecule has 0 saturated heterocycles. The molecule has 0 aliphatic heterocycles. The highest BCUT2D eigenvalue weighted by molar-refractivity contribution is 5.93. The number of esters is 1. The van der Waals surface area contributed by atoms with Crippen LogP contribution in [0, 0.1) is 17.8 Å². The normalized spacial score (nSPS) is 11.1. The van der Waals surface area contributed by atoms with Crippen molar-refractivity contribution in [1.29, 1.82) is 0 Å². The molecule has 0 aromatic heterocycles. The number of nitrogens with two attached hydrogens (primary N) is 1. The van der Waals surface area contributed by atoms with E-state index in [4.69, 9.17) is 10.5 Å². The van der Waals surface area contributed by atoms with Crippen LogP contribution in [0.1, 0.15) is 41.8 Å². The molecule has 2 N–H and O–H groups in total. The van der Waals surface area contributed by atoms with E-state index in [0.29, 0.717) is 16.9 Å². The van der Waals surface area contributed by atoms with Crippen molar-refractivity contribution in [3.05, 3.63) is 65.2 Å². The fraction of sp³-hybridized carbons (Fsp3) is 0.200. The Kier molecular flexibility index (Phi) is 5.75. The lowest BCUT2D eigenvalue weighted by Crippen LogP contribution is -2.16. The number of rotatable bonds is 4. The van der Waals surface area contributed by atoms with Crippen LogP contribution in [-0.2, 0) is 4.79 Å². The molecule has 2 aromatic rings. The first-order valence-corrected chi connectivity index (χ1v) is 7.73. The van der Waals surface area contributed by atoms with E-state index >= 15 is 0 Å². The SMILES string of the molecule is CCC(C)C(=O)Oc1ccc(C#Cc2cccc(C(N)=O)c2)cc1. The number of hydrogen-bond donors (Lipinski definition) is 1. The molecule has 122 valence electrons. The van der Waals surface area contributed by atoms with Crippen LogP contribution in [0.25, 0.3) is 0 Å². The smallest absolute Gasteiger partial charge is 0.314 e. The van der Waals surface area contributed by atoms with E-state index in [1.807, 2.05) is 19.9 Å². The topological polar surface area (TPSA) is 69.4 Å². The van der Waals surface area contributed by atoms with Crippen LogP contribution in [-0.4, -0.2) is 11.9 Å². The van der Waals surface area contributed by atoms with E-state index in [0.717, 1.165) is 12.0 Å². The van der Waals surface area contributed by atoms with Gasteiger partial charge in [-0.05, 0) is 48.9 Å². The van der Waals surface area contributed by atoms with Gasteiger partial charge in [-0.25, -0.2) is 0 Å². The minimum atomic E-state index is -0.480. The summed E-state index contributed by atoms with van der Waals surface area (Å²) in [5, 5.41) is 0. The molecule has 0 spiro atoms. The monoisotopic (exact) mass is 321 g/mol. The van der Waals surface area contributed by atoms with Gasteiger partial charge in [-0.15, -0.1) is 0 Å². The van der Waals surface area contributed by atoms with E-state index < -0.39 is 5.91 Å². The first-order chi connectivity index (χ1) is 11.5. The maximum atomic E-state index is 11.7.